The molecule has 0 radical (unpaired) electrons. The highest BCUT2D eigenvalue weighted by Crippen LogP contribution is 2.42. The SMILES string of the molecule is COc1ccc(OC)c(CC(=O)N2CC3(CC(COCc4ccccc4)N(C)C3)C2)c1. The number of nitrogens with zero attached hydrogens (tertiary/aromatic N) is 2. The topological polar surface area (TPSA) is 51.2 Å². The summed E-state index contributed by atoms with van der Waals surface area (Å²) in [5.74, 6) is 1.60. The van der Waals surface area contributed by atoms with Gasteiger partial charge in [-0.25, -0.2) is 0 Å². The Balaban J connectivity index is 1.27. The minimum Gasteiger partial charge on any atom is -0.497 e. The first-order valence-corrected chi connectivity index (χ1v) is 10.8. The van der Waals surface area contributed by atoms with Crippen molar-refractivity contribution in [3.8, 4) is 11.5 Å². The fourth-order valence-corrected chi connectivity index (χ4v) is 4.92. The molecule has 1 spiro atoms. The van der Waals surface area contributed by atoms with Crippen molar-refractivity contribution in [3.63, 3.8) is 0 Å². The number of ether oxygens (including phenoxy) is 3. The van der Waals surface area contributed by atoms with Crippen molar-refractivity contribution in [1.29, 1.82) is 0 Å². The zero-order valence-electron chi connectivity index (χ0n) is 18.7. The number of carbonyl (C=O) groups is 1. The fourth-order valence-electron chi connectivity index (χ4n) is 4.92. The number of rotatable bonds is 8. The van der Waals surface area contributed by atoms with E-state index in [0.29, 0.717) is 19.1 Å². The van der Waals surface area contributed by atoms with Crippen molar-refractivity contribution in [2.24, 2.45) is 5.41 Å². The summed E-state index contributed by atoms with van der Waals surface area (Å²) in [7, 11) is 5.42. The van der Waals surface area contributed by atoms with Crippen LogP contribution < -0.4 is 9.47 Å². The second-order valence-corrected chi connectivity index (χ2v) is 8.88. The van der Waals surface area contributed by atoms with Crippen LogP contribution in [0, 0.1) is 5.41 Å². The summed E-state index contributed by atoms with van der Waals surface area (Å²) in [6, 6.07) is 16.3. The molecule has 2 fully saturated rings. The molecule has 6 heteroatoms. The van der Waals surface area contributed by atoms with Crippen LogP contribution in [0.4, 0.5) is 0 Å². The monoisotopic (exact) mass is 424 g/mol. The minimum absolute atomic E-state index is 0.142. The third kappa shape index (κ3) is 4.86. The van der Waals surface area contributed by atoms with Gasteiger partial charge in [0.1, 0.15) is 11.5 Å². The third-order valence-corrected chi connectivity index (χ3v) is 6.53. The number of likely N-dealkylation sites (tertiary alicyclic amines) is 2. The molecule has 0 bridgehead atoms. The van der Waals surface area contributed by atoms with Gasteiger partial charge >= 0.3 is 0 Å². The van der Waals surface area contributed by atoms with Crippen LogP contribution >= 0.6 is 0 Å². The summed E-state index contributed by atoms with van der Waals surface area (Å²) in [5, 5.41) is 0. The largest absolute Gasteiger partial charge is 0.497 e. The molecule has 1 atom stereocenters. The number of hydrogen-bond acceptors (Lipinski definition) is 5. The summed E-state index contributed by atoms with van der Waals surface area (Å²) in [6.45, 7) is 4.02. The number of likely N-dealkylation sites (N-methyl/N-ethyl adjacent to an activating group) is 1. The molecule has 2 aliphatic heterocycles. The van der Waals surface area contributed by atoms with Crippen LogP contribution in [0.15, 0.2) is 48.5 Å². The maximum Gasteiger partial charge on any atom is 0.227 e. The molecule has 2 aromatic rings. The second-order valence-electron chi connectivity index (χ2n) is 8.88. The number of amides is 1. The molecule has 0 aromatic heterocycles. The summed E-state index contributed by atoms with van der Waals surface area (Å²) < 4.78 is 16.7. The Labute approximate surface area is 184 Å². The van der Waals surface area contributed by atoms with Gasteiger partial charge in [-0.15, -0.1) is 0 Å². The van der Waals surface area contributed by atoms with Crippen LogP contribution in [0.2, 0.25) is 0 Å². The highest BCUT2D eigenvalue weighted by molar-refractivity contribution is 5.80. The average Bonchev–Trinajstić information content (AvgIpc) is 3.10. The normalized spacial score (nSPS) is 20.0. The van der Waals surface area contributed by atoms with Gasteiger partial charge in [0.05, 0.1) is 33.9 Å². The van der Waals surface area contributed by atoms with E-state index in [0.717, 1.165) is 49.7 Å². The van der Waals surface area contributed by atoms with Gasteiger partial charge in [0.25, 0.3) is 0 Å². The lowest BCUT2D eigenvalue weighted by Crippen LogP contribution is -2.59. The summed E-state index contributed by atoms with van der Waals surface area (Å²) >= 11 is 0. The number of hydrogen-bond donors (Lipinski definition) is 0. The van der Waals surface area contributed by atoms with Gasteiger partial charge < -0.3 is 24.0 Å². The van der Waals surface area contributed by atoms with Gasteiger partial charge in [-0.3, -0.25) is 4.79 Å². The Bertz CT molecular complexity index is 896. The average molecular weight is 425 g/mol. The number of carbonyl (C=O) groups excluding carboxylic acids is 1. The van der Waals surface area contributed by atoms with Crippen LogP contribution in [0.3, 0.4) is 0 Å². The Kier molecular flexibility index (Phi) is 6.49. The van der Waals surface area contributed by atoms with Crippen molar-refractivity contribution in [1.82, 2.24) is 9.80 Å². The van der Waals surface area contributed by atoms with Gasteiger partial charge in [-0.05, 0) is 37.2 Å². The quantitative estimate of drug-likeness (QED) is 0.652. The molecule has 6 nitrogen and oxygen atoms in total. The predicted octanol–water partition coefficient (Wildman–Crippen LogP) is 3.00. The van der Waals surface area contributed by atoms with E-state index in [2.05, 4.69) is 24.1 Å². The van der Waals surface area contributed by atoms with Gasteiger partial charge in [0.15, 0.2) is 0 Å². The first kappa shape index (κ1) is 21.7. The molecule has 2 heterocycles. The molecule has 166 valence electrons. The molecule has 1 amide bonds. The zero-order chi connectivity index (χ0) is 21.8. The van der Waals surface area contributed by atoms with E-state index in [1.807, 2.05) is 41.3 Å². The lowest BCUT2D eigenvalue weighted by molar-refractivity contribution is -0.142. The van der Waals surface area contributed by atoms with E-state index in [-0.39, 0.29) is 11.3 Å². The summed E-state index contributed by atoms with van der Waals surface area (Å²) in [5.41, 5.74) is 2.26. The predicted molar refractivity (Wildman–Crippen MR) is 119 cm³/mol. The molecular formula is C25H32N2O4. The maximum atomic E-state index is 12.9. The molecule has 0 saturated carbocycles. The highest BCUT2D eigenvalue weighted by atomic mass is 16.5. The smallest absolute Gasteiger partial charge is 0.227 e. The lowest BCUT2D eigenvalue weighted by atomic mass is 9.77. The molecule has 31 heavy (non-hydrogen) atoms. The first-order chi connectivity index (χ1) is 15.0. The van der Waals surface area contributed by atoms with Gasteiger partial charge in [0.2, 0.25) is 5.91 Å². The Morgan fingerprint density at radius 2 is 1.84 bits per heavy atom. The van der Waals surface area contributed by atoms with E-state index in [9.17, 15) is 4.79 Å². The molecule has 0 aliphatic carbocycles. The van der Waals surface area contributed by atoms with Crippen molar-refractivity contribution >= 4 is 5.91 Å². The van der Waals surface area contributed by atoms with E-state index in [4.69, 9.17) is 14.2 Å². The highest BCUT2D eigenvalue weighted by Gasteiger charge is 2.51. The molecule has 0 N–H and O–H groups in total. The summed E-state index contributed by atoms with van der Waals surface area (Å²) in [4.78, 5) is 17.2. The Morgan fingerprint density at radius 3 is 2.55 bits per heavy atom. The van der Waals surface area contributed by atoms with Crippen LogP contribution in [0.25, 0.3) is 0 Å². The van der Waals surface area contributed by atoms with Crippen molar-refractivity contribution in [3.05, 3.63) is 59.7 Å². The maximum absolute atomic E-state index is 12.9. The number of methoxy groups -OCH3 is 2. The molecule has 2 aliphatic rings. The molecule has 4 rings (SSSR count). The summed E-state index contributed by atoms with van der Waals surface area (Å²) in [6.07, 6.45) is 1.40. The van der Waals surface area contributed by atoms with Crippen LogP contribution in [0.1, 0.15) is 17.5 Å². The van der Waals surface area contributed by atoms with Gasteiger partial charge in [0, 0.05) is 36.7 Å². The van der Waals surface area contributed by atoms with E-state index >= 15 is 0 Å². The van der Waals surface area contributed by atoms with Crippen LogP contribution in [0.5, 0.6) is 11.5 Å². The molecule has 2 saturated heterocycles. The first-order valence-electron chi connectivity index (χ1n) is 10.8. The van der Waals surface area contributed by atoms with Crippen molar-refractivity contribution < 1.29 is 19.0 Å². The minimum atomic E-state index is 0.142. The lowest BCUT2D eigenvalue weighted by Gasteiger charge is -2.48. The van der Waals surface area contributed by atoms with Crippen molar-refractivity contribution in [2.45, 2.75) is 25.5 Å². The Morgan fingerprint density at radius 1 is 1.06 bits per heavy atom. The Hall–Kier alpha value is -2.57. The second kappa shape index (κ2) is 9.28. The molecule has 1 unspecified atom stereocenters. The van der Waals surface area contributed by atoms with Crippen LogP contribution in [-0.4, -0.2) is 69.3 Å². The zero-order valence-corrected chi connectivity index (χ0v) is 18.7. The van der Waals surface area contributed by atoms with E-state index < -0.39 is 0 Å². The standard InChI is InChI=1S/C25H32N2O4/c1-26-16-25(13-21(26)15-31-14-19-7-5-4-6-8-19)17-27(18-25)24(28)12-20-11-22(29-2)9-10-23(20)30-3/h4-11,21H,12-18H2,1-3H3. The van der Waals surface area contributed by atoms with Crippen molar-refractivity contribution in [2.75, 3.05) is 47.5 Å². The molecule has 2 aromatic carbocycles. The van der Waals surface area contributed by atoms with Gasteiger partial charge in [-0.2, -0.15) is 0 Å². The third-order valence-electron chi connectivity index (χ3n) is 6.53. The molecular weight excluding hydrogens is 392 g/mol. The number of benzene rings is 2. The van der Waals surface area contributed by atoms with E-state index in [1.54, 1.807) is 14.2 Å². The van der Waals surface area contributed by atoms with Crippen LogP contribution in [-0.2, 0) is 22.6 Å². The fraction of sp³-hybridized carbons (Fsp3) is 0.480. The van der Waals surface area contributed by atoms with Gasteiger partial charge in [-0.1, -0.05) is 30.3 Å². The van der Waals surface area contributed by atoms with E-state index in [1.165, 1.54) is 5.56 Å².